The van der Waals surface area contributed by atoms with Crippen LogP contribution in [0.2, 0.25) is 0 Å². The highest BCUT2D eigenvalue weighted by molar-refractivity contribution is 5.31. The van der Waals surface area contributed by atoms with E-state index in [1.165, 1.54) is 25.7 Å². The van der Waals surface area contributed by atoms with E-state index in [0.29, 0.717) is 12.0 Å². The Bertz CT molecular complexity index is 335. The van der Waals surface area contributed by atoms with E-state index in [0.717, 1.165) is 12.2 Å². The smallest absolute Gasteiger partial charge is 0.123 e. The van der Waals surface area contributed by atoms with Gasteiger partial charge in [0.2, 0.25) is 0 Å². The second-order valence-corrected chi connectivity index (χ2v) is 4.61. The van der Waals surface area contributed by atoms with Crippen molar-refractivity contribution < 1.29 is 9.84 Å². The van der Waals surface area contributed by atoms with Crippen LogP contribution in [0.4, 0.5) is 0 Å². The molecule has 0 bridgehead atoms. The maximum absolute atomic E-state index is 9.39. The summed E-state index contributed by atoms with van der Waals surface area (Å²) in [5.74, 6) is 1.75. The molecule has 1 saturated carbocycles. The van der Waals surface area contributed by atoms with Crippen LogP contribution in [-0.2, 0) is 0 Å². The van der Waals surface area contributed by atoms with E-state index in [4.69, 9.17) is 4.74 Å². The molecule has 0 aromatic heterocycles. The maximum Gasteiger partial charge on any atom is 0.123 e. The molecule has 1 N–H and O–H groups in total. The van der Waals surface area contributed by atoms with E-state index < -0.39 is 0 Å². The summed E-state index contributed by atoms with van der Waals surface area (Å²) in [7, 11) is 0. The van der Waals surface area contributed by atoms with Crippen molar-refractivity contribution in [2.75, 3.05) is 0 Å². The molecule has 0 heterocycles. The van der Waals surface area contributed by atoms with Gasteiger partial charge in [-0.1, -0.05) is 19.4 Å². The predicted octanol–water partition coefficient (Wildman–Crippen LogP) is 3.74. The minimum absolute atomic E-state index is 0.279. The molecule has 0 aliphatic heterocycles. The van der Waals surface area contributed by atoms with E-state index in [1.54, 1.807) is 12.1 Å². The third-order valence-corrected chi connectivity index (χ3v) is 3.47. The van der Waals surface area contributed by atoms with Crippen LogP contribution in [0.15, 0.2) is 24.3 Å². The van der Waals surface area contributed by atoms with Gasteiger partial charge in [-0.2, -0.15) is 0 Å². The molecular formula is C14H20O2. The number of ether oxygens (including phenoxy) is 1. The lowest BCUT2D eigenvalue weighted by Gasteiger charge is -2.31. The number of hydrogen-bond donors (Lipinski definition) is 1. The largest absolute Gasteiger partial charge is 0.508 e. The molecule has 0 saturated heterocycles. The zero-order valence-electron chi connectivity index (χ0n) is 9.86. The fraction of sp³-hybridized carbons (Fsp3) is 0.571. The molecule has 2 nitrogen and oxygen atoms in total. The molecule has 2 atom stereocenters. The molecule has 88 valence electrons. The van der Waals surface area contributed by atoms with Crippen molar-refractivity contribution in [2.24, 2.45) is 5.92 Å². The Hall–Kier alpha value is -1.18. The average molecular weight is 220 g/mol. The van der Waals surface area contributed by atoms with Crippen LogP contribution in [0.5, 0.6) is 11.5 Å². The van der Waals surface area contributed by atoms with Gasteiger partial charge in [-0.05, 0) is 43.7 Å². The monoisotopic (exact) mass is 220 g/mol. The first-order valence-corrected chi connectivity index (χ1v) is 6.25. The third kappa shape index (κ3) is 2.69. The molecule has 2 rings (SSSR count). The summed E-state index contributed by atoms with van der Waals surface area (Å²) in [6.45, 7) is 2.23. The summed E-state index contributed by atoms with van der Waals surface area (Å²) in [5.41, 5.74) is 0. The fourth-order valence-corrected chi connectivity index (χ4v) is 2.53. The lowest BCUT2D eigenvalue weighted by Crippen LogP contribution is -2.29. The summed E-state index contributed by atoms with van der Waals surface area (Å²) in [5, 5.41) is 9.39. The minimum atomic E-state index is 0.279. The lowest BCUT2D eigenvalue weighted by atomic mass is 9.85. The minimum Gasteiger partial charge on any atom is -0.508 e. The number of phenols is 1. The highest BCUT2D eigenvalue weighted by atomic mass is 16.5. The summed E-state index contributed by atoms with van der Waals surface area (Å²) < 4.78 is 5.98. The van der Waals surface area contributed by atoms with Crippen LogP contribution in [0.1, 0.15) is 39.0 Å². The molecule has 0 spiro atoms. The quantitative estimate of drug-likeness (QED) is 0.840. The molecule has 0 radical (unpaired) electrons. The molecule has 1 fully saturated rings. The van der Waals surface area contributed by atoms with Gasteiger partial charge in [0.05, 0.1) is 0 Å². The number of rotatable bonds is 3. The van der Waals surface area contributed by atoms with E-state index in [-0.39, 0.29) is 5.75 Å². The second kappa shape index (κ2) is 5.24. The third-order valence-electron chi connectivity index (χ3n) is 3.47. The van der Waals surface area contributed by atoms with Gasteiger partial charge in [-0.25, -0.2) is 0 Å². The fourth-order valence-electron chi connectivity index (χ4n) is 2.53. The highest BCUT2D eigenvalue weighted by Gasteiger charge is 2.25. The van der Waals surface area contributed by atoms with Gasteiger partial charge >= 0.3 is 0 Å². The van der Waals surface area contributed by atoms with Gasteiger partial charge < -0.3 is 9.84 Å². The van der Waals surface area contributed by atoms with Crippen molar-refractivity contribution in [3.63, 3.8) is 0 Å². The zero-order chi connectivity index (χ0) is 11.4. The standard InChI is InChI=1S/C14H20O2/c1-2-11-6-3-4-9-14(11)16-13-8-5-7-12(15)10-13/h5,7-8,10-11,14-15H,2-4,6,9H2,1H3. The Morgan fingerprint density at radius 3 is 2.88 bits per heavy atom. The van der Waals surface area contributed by atoms with Crippen molar-refractivity contribution in [3.8, 4) is 11.5 Å². The number of benzene rings is 1. The van der Waals surface area contributed by atoms with Crippen LogP contribution in [-0.4, -0.2) is 11.2 Å². The van der Waals surface area contributed by atoms with Gasteiger partial charge in [-0.3, -0.25) is 0 Å². The topological polar surface area (TPSA) is 29.5 Å². The Morgan fingerprint density at radius 2 is 2.12 bits per heavy atom. The summed E-state index contributed by atoms with van der Waals surface area (Å²) in [4.78, 5) is 0. The molecule has 2 heteroatoms. The van der Waals surface area contributed by atoms with Crippen molar-refractivity contribution in [3.05, 3.63) is 24.3 Å². The highest BCUT2D eigenvalue weighted by Crippen LogP contribution is 2.31. The summed E-state index contributed by atoms with van der Waals surface area (Å²) in [6.07, 6.45) is 6.54. The Balaban J connectivity index is 2.02. The first-order chi connectivity index (χ1) is 7.79. The van der Waals surface area contributed by atoms with Gasteiger partial charge in [0.1, 0.15) is 17.6 Å². The van der Waals surface area contributed by atoms with Crippen LogP contribution >= 0.6 is 0 Å². The second-order valence-electron chi connectivity index (χ2n) is 4.61. The van der Waals surface area contributed by atoms with E-state index in [9.17, 15) is 5.11 Å². The van der Waals surface area contributed by atoms with Crippen molar-refractivity contribution in [1.29, 1.82) is 0 Å². The SMILES string of the molecule is CCC1CCCCC1Oc1cccc(O)c1. The number of aromatic hydroxyl groups is 1. The van der Waals surface area contributed by atoms with E-state index in [2.05, 4.69) is 6.92 Å². The first kappa shape index (κ1) is 11.3. The molecule has 16 heavy (non-hydrogen) atoms. The van der Waals surface area contributed by atoms with Crippen molar-refractivity contribution in [1.82, 2.24) is 0 Å². The van der Waals surface area contributed by atoms with Gasteiger partial charge in [0.15, 0.2) is 0 Å². The van der Waals surface area contributed by atoms with Crippen LogP contribution < -0.4 is 4.74 Å². The van der Waals surface area contributed by atoms with Gasteiger partial charge in [0, 0.05) is 6.07 Å². The van der Waals surface area contributed by atoms with Crippen LogP contribution in [0.25, 0.3) is 0 Å². The average Bonchev–Trinajstić information content (AvgIpc) is 2.30. The van der Waals surface area contributed by atoms with E-state index >= 15 is 0 Å². The Labute approximate surface area is 97.3 Å². The summed E-state index contributed by atoms with van der Waals surface area (Å²) >= 11 is 0. The zero-order valence-corrected chi connectivity index (χ0v) is 9.86. The van der Waals surface area contributed by atoms with Crippen LogP contribution in [0, 0.1) is 5.92 Å². The number of phenolic OH excluding ortho intramolecular Hbond substituents is 1. The van der Waals surface area contributed by atoms with Crippen molar-refractivity contribution >= 4 is 0 Å². The first-order valence-electron chi connectivity index (χ1n) is 6.25. The molecular weight excluding hydrogens is 200 g/mol. The Morgan fingerprint density at radius 1 is 1.31 bits per heavy atom. The summed E-state index contributed by atoms with van der Waals surface area (Å²) in [6, 6.07) is 7.11. The molecule has 1 aliphatic rings. The number of hydrogen-bond acceptors (Lipinski definition) is 2. The lowest BCUT2D eigenvalue weighted by molar-refractivity contribution is 0.0902. The van der Waals surface area contributed by atoms with Crippen LogP contribution in [0.3, 0.4) is 0 Å². The van der Waals surface area contributed by atoms with Gasteiger partial charge in [-0.15, -0.1) is 0 Å². The van der Waals surface area contributed by atoms with Gasteiger partial charge in [0.25, 0.3) is 0 Å². The maximum atomic E-state index is 9.39. The molecule has 2 unspecified atom stereocenters. The Kier molecular flexibility index (Phi) is 3.70. The normalized spacial score (nSPS) is 25.3. The van der Waals surface area contributed by atoms with E-state index in [1.807, 2.05) is 12.1 Å². The molecule has 0 amide bonds. The molecule has 1 aromatic carbocycles. The predicted molar refractivity (Wildman–Crippen MR) is 64.8 cm³/mol. The molecule has 1 aromatic rings. The van der Waals surface area contributed by atoms with Crippen molar-refractivity contribution in [2.45, 2.75) is 45.1 Å². The molecule has 1 aliphatic carbocycles.